The van der Waals surface area contributed by atoms with Crippen molar-refractivity contribution in [3.05, 3.63) is 78.0 Å². The van der Waals surface area contributed by atoms with Gasteiger partial charge in [-0.05, 0) is 18.4 Å². The van der Waals surface area contributed by atoms with Crippen LogP contribution in [0.25, 0.3) is 11.3 Å². The molecule has 0 aliphatic carbocycles. The predicted octanol–water partition coefficient (Wildman–Crippen LogP) is 3.92. The molecule has 6 nitrogen and oxygen atoms in total. The fourth-order valence-corrected chi connectivity index (χ4v) is 2.96. The van der Waals surface area contributed by atoms with Crippen molar-refractivity contribution in [1.82, 2.24) is 15.1 Å². The van der Waals surface area contributed by atoms with E-state index in [1.165, 1.54) is 0 Å². The number of amides is 1. The van der Waals surface area contributed by atoms with E-state index in [1.54, 1.807) is 17.8 Å². The first-order valence-electron chi connectivity index (χ1n) is 10.1. The minimum Gasteiger partial charge on any atom is -0.449 e. The monoisotopic (exact) mass is 405 g/mol. The minimum absolute atomic E-state index is 0.310. The zero-order valence-electron chi connectivity index (χ0n) is 17.5. The number of nitrogens with zero attached hydrogens (tertiary/aromatic N) is 2. The van der Waals surface area contributed by atoms with Crippen molar-refractivity contribution >= 4 is 11.9 Å². The second-order valence-corrected chi connectivity index (χ2v) is 7.63. The van der Waals surface area contributed by atoms with Gasteiger partial charge in [-0.25, -0.2) is 4.79 Å². The van der Waals surface area contributed by atoms with Crippen LogP contribution in [0.15, 0.2) is 66.9 Å². The molecule has 1 atom stereocenters. The number of nitrogens with one attached hydrogen (secondary N) is 1. The van der Waals surface area contributed by atoms with Gasteiger partial charge in [-0.15, -0.1) is 0 Å². The summed E-state index contributed by atoms with van der Waals surface area (Å²) in [5, 5.41) is 7.41. The summed E-state index contributed by atoms with van der Waals surface area (Å²) >= 11 is 0. The molecule has 0 spiro atoms. The predicted molar refractivity (Wildman–Crippen MR) is 116 cm³/mol. The standard InChI is InChI=1S/C24H27N3O3/c1-17(2)14-25-23(28)18(3)30-24(29)21-16-27(15-19-10-6-4-7-11-19)26-22(21)20-12-8-5-9-13-20/h4-13,16-18H,14-15H2,1-3H3,(H,25,28)/t18-/m1/s1. The topological polar surface area (TPSA) is 73.2 Å². The van der Waals surface area contributed by atoms with Gasteiger partial charge >= 0.3 is 5.97 Å². The minimum atomic E-state index is -0.891. The van der Waals surface area contributed by atoms with Crippen molar-refractivity contribution in [3.63, 3.8) is 0 Å². The van der Waals surface area contributed by atoms with Gasteiger partial charge in [0.15, 0.2) is 6.10 Å². The zero-order chi connectivity index (χ0) is 21.5. The van der Waals surface area contributed by atoms with E-state index in [-0.39, 0.29) is 5.91 Å². The molecule has 0 bridgehead atoms. The summed E-state index contributed by atoms with van der Waals surface area (Å²) in [7, 11) is 0. The number of hydrogen-bond acceptors (Lipinski definition) is 4. The summed E-state index contributed by atoms with van der Waals surface area (Å²) in [6.45, 7) is 6.64. The van der Waals surface area contributed by atoms with Gasteiger partial charge in [-0.1, -0.05) is 74.5 Å². The molecule has 6 heteroatoms. The van der Waals surface area contributed by atoms with Gasteiger partial charge in [0, 0.05) is 18.3 Å². The molecule has 30 heavy (non-hydrogen) atoms. The van der Waals surface area contributed by atoms with Gasteiger partial charge in [0.2, 0.25) is 0 Å². The molecule has 2 aromatic carbocycles. The number of hydrogen-bond donors (Lipinski definition) is 1. The molecule has 1 amide bonds. The van der Waals surface area contributed by atoms with E-state index in [1.807, 2.05) is 74.5 Å². The van der Waals surface area contributed by atoms with E-state index in [9.17, 15) is 9.59 Å². The lowest BCUT2D eigenvalue weighted by Gasteiger charge is -2.14. The second-order valence-electron chi connectivity index (χ2n) is 7.63. The second kappa shape index (κ2) is 9.87. The number of benzene rings is 2. The van der Waals surface area contributed by atoms with Crippen LogP contribution in [0.1, 0.15) is 36.7 Å². The van der Waals surface area contributed by atoms with E-state index in [0.717, 1.165) is 11.1 Å². The van der Waals surface area contributed by atoms with Crippen LogP contribution in [0, 0.1) is 5.92 Å². The normalized spacial score (nSPS) is 11.9. The Hall–Kier alpha value is -3.41. The van der Waals surface area contributed by atoms with Gasteiger partial charge in [0.05, 0.1) is 6.54 Å². The quantitative estimate of drug-likeness (QED) is 0.577. The lowest BCUT2D eigenvalue weighted by molar-refractivity contribution is -0.129. The summed E-state index contributed by atoms with van der Waals surface area (Å²) in [4.78, 5) is 25.1. The molecule has 1 N–H and O–H groups in total. The van der Waals surface area contributed by atoms with Crippen LogP contribution in [-0.2, 0) is 16.1 Å². The maximum Gasteiger partial charge on any atom is 0.342 e. The molecule has 0 saturated carbocycles. The molecule has 0 aliphatic heterocycles. The Kier molecular flexibility index (Phi) is 7.01. The summed E-state index contributed by atoms with van der Waals surface area (Å²) in [5.41, 5.74) is 2.75. The highest BCUT2D eigenvalue weighted by molar-refractivity contribution is 5.97. The molecule has 0 aliphatic rings. The summed E-state index contributed by atoms with van der Waals surface area (Å²) < 4.78 is 7.17. The van der Waals surface area contributed by atoms with Gasteiger partial charge < -0.3 is 10.1 Å². The Morgan fingerprint density at radius 3 is 2.27 bits per heavy atom. The molecular formula is C24H27N3O3. The van der Waals surface area contributed by atoms with Crippen LogP contribution in [0.3, 0.4) is 0 Å². The zero-order valence-corrected chi connectivity index (χ0v) is 17.5. The number of aromatic nitrogens is 2. The molecule has 0 fully saturated rings. The first kappa shape index (κ1) is 21.3. The third kappa shape index (κ3) is 5.56. The Balaban J connectivity index is 1.82. The molecular weight excluding hydrogens is 378 g/mol. The molecule has 0 saturated heterocycles. The molecule has 1 aromatic heterocycles. The number of carbonyl (C=O) groups is 2. The lowest BCUT2D eigenvalue weighted by atomic mass is 10.1. The number of esters is 1. The summed E-state index contributed by atoms with van der Waals surface area (Å²) in [6.07, 6.45) is 0.786. The Morgan fingerprint density at radius 2 is 1.63 bits per heavy atom. The first-order chi connectivity index (χ1) is 14.4. The van der Waals surface area contributed by atoms with Crippen LogP contribution in [0.5, 0.6) is 0 Å². The molecule has 3 rings (SSSR count). The van der Waals surface area contributed by atoms with Crippen molar-refractivity contribution in [2.45, 2.75) is 33.4 Å². The smallest absolute Gasteiger partial charge is 0.342 e. The first-order valence-corrected chi connectivity index (χ1v) is 10.1. The van der Waals surface area contributed by atoms with Crippen molar-refractivity contribution < 1.29 is 14.3 Å². The fraction of sp³-hybridized carbons (Fsp3) is 0.292. The summed E-state index contributed by atoms with van der Waals surface area (Å²) in [6, 6.07) is 19.4. The molecule has 0 unspecified atom stereocenters. The molecule has 0 radical (unpaired) electrons. The van der Waals surface area contributed by atoms with E-state index in [4.69, 9.17) is 4.74 Å². The van der Waals surface area contributed by atoms with Crippen molar-refractivity contribution in [1.29, 1.82) is 0 Å². The number of carbonyl (C=O) groups excluding carboxylic acids is 2. The largest absolute Gasteiger partial charge is 0.449 e. The van der Waals surface area contributed by atoms with E-state index >= 15 is 0 Å². The van der Waals surface area contributed by atoms with E-state index in [0.29, 0.717) is 30.3 Å². The maximum atomic E-state index is 12.9. The van der Waals surface area contributed by atoms with Crippen molar-refractivity contribution in [2.75, 3.05) is 6.54 Å². The van der Waals surface area contributed by atoms with Crippen LogP contribution in [0.4, 0.5) is 0 Å². The Morgan fingerprint density at radius 1 is 1.00 bits per heavy atom. The molecule has 156 valence electrons. The Bertz CT molecular complexity index is 981. The third-order valence-corrected chi connectivity index (χ3v) is 4.55. The highest BCUT2D eigenvalue weighted by atomic mass is 16.5. The highest BCUT2D eigenvalue weighted by Gasteiger charge is 2.24. The van der Waals surface area contributed by atoms with Gasteiger partial charge in [0.1, 0.15) is 11.3 Å². The average molecular weight is 405 g/mol. The lowest BCUT2D eigenvalue weighted by Crippen LogP contribution is -2.37. The SMILES string of the molecule is CC(C)CNC(=O)[C@@H](C)OC(=O)c1cn(Cc2ccccc2)nc1-c1ccccc1. The molecule has 1 heterocycles. The average Bonchev–Trinajstić information content (AvgIpc) is 3.17. The number of rotatable bonds is 8. The van der Waals surface area contributed by atoms with Crippen LogP contribution in [0.2, 0.25) is 0 Å². The maximum absolute atomic E-state index is 12.9. The molecule has 3 aromatic rings. The van der Waals surface area contributed by atoms with Gasteiger partial charge in [0.25, 0.3) is 5.91 Å². The third-order valence-electron chi connectivity index (χ3n) is 4.55. The van der Waals surface area contributed by atoms with E-state index in [2.05, 4.69) is 10.4 Å². The van der Waals surface area contributed by atoms with Crippen molar-refractivity contribution in [3.8, 4) is 11.3 Å². The fourth-order valence-electron chi connectivity index (χ4n) is 2.96. The van der Waals surface area contributed by atoms with Gasteiger partial charge in [-0.2, -0.15) is 5.10 Å². The van der Waals surface area contributed by atoms with Gasteiger partial charge in [-0.3, -0.25) is 9.48 Å². The summed E-state index contributed by atoms with van der Waals surface area (Å²) in [5.74, 6) is -0.562. The van der Waals surface area contributed by atoms with Crippen LogP contribution < -0.4 is 5.32 Å². The van der Waals surface area contributed by atoms with Crippen molar-refractivity contribution in [2.24, 2.45) is 5.92 Å². The highest BCUT2D eigenvalue weighted by Crippen LogP contribution is 2.23. The Labute approximate surface area is 176 Å². The van der Waals surface area contributed by atoms with Crippen LogP contribution >= 0.6 is 0 Å². The van der Waals surface area contributed by atoms with Crippen LogP contribution in [-0.4, -0.2) is 34.3 Å². The number of ether oxygens (including phenoxy) is 1. The van der Waals surface area contributed by atoms with E-state index < -0.39 is 12.1 Å².